The zero-order chi connectivity index (χ0) is 21.9. The molecule has 0 bridgehead atoms. The first-order valence-corrected chi connectivity index (χ1v) is 10.1. The average Bonchev–Trinajstić information content (AvgIpc) is 3.13. The molecular weight excluding hydrogens is 521 g/mol. The van der Waals surface area contributed by atoms with Crippen molar-refractivity contribution in [2.75, 3.05) is 20.2 Å². The molecule has 2 rings (SSSR count). The standard InChI is InChI=1S/C21H30F2N4O3.HI/c1-5-16-15(17(6-2)30-27-16)13-26-21(24-7-3)25-11-10-14-8-9-18(28-4)19(12-14)29-20(22)23;/h8-9,12,20H,5-7,10-11,13H2,1-4H3,(H2,24,25,26);1H. The lowest BCUT2D eigenvalue weighted by atomic mass is 10.1. The van der Waals surface area contributed by atoms with Crippen LogP contribution in [-0.2, 0) is 25.8 Å². The average molecular weight is 552 g/mol. The van der Waals surface area contributed by atoms with Gasteiger partial charge >= 0.3 is 6.61 Å². The second-order valence-electron chi connectivity index (χ2n) is 6.47. The summed E-state index contributed by atoms with van der Waals surface area (Å²) in [6, 6.07) is 5.01. The predicted octanol–water partition coefficient (Wildman–Crippen LogP) is 4.33. The van der Waals surface area contributed by atoms with Crippen molar-refractivity contribution < 1.29 is 22.8 Å². The summed E-state index contributed by atoms with van der Waals surface area (Å²) >= 11 is 0. The highest BCUT2D eigenvalue weighted by Crippen LogP contribution is 2.29. The maximum absolute atomic E-state index is 12.6. The van der Waals surface area contributed by atoms with Gasteiger partial charge < -0.3 is 24.6 Å². The molecule has 0 saturated heterocycles. The number of nitrogens with one attached hydrogen (secondary N) is 2. The second-order valence-corrected chi connectivity index (χ2v) is 6.47. The Morgan fingerprint density at radius 2 is 1.94 bits per heavy atom. The van der Waals surface area contributed by atoms with E-state index in [1.807, 2.05) is 26.8 Å². The number of aliphatic imine (C=N–C) groups is 1. The van der Waals surface area contributed by atoms with E-state index in [1.165, 1.54) is 7.11 Å². The van der Waals surface area contributed by atoms with Gasteiger partial charge in [-0.05, 0) is 37.5 Å². The summed E-state index contributed by atoms with van der Waals surface area (Å²) in [5, 5.41) is 10.6. The lowest BCUT2D eigenvalue weighted by Crippen LogP contribution is -2.38. The minimum Gasteiger partial charge on any atom is -0.493 e. The number of nitrogens with zero attached hydrogens (tertiary/aromatic N) is 2. The first-order valence-electron chi connectivity index (χ1n) is 10.1. The number of benzene rings is 1. The number of hydrogen-bond donors (Lipinski definition) is 2. The van der Waals surface area contributed by atoms with Crippen molar-refractivity contribution in [3.63, 3.8) is 0 Å². The first kappa shape index (κ1) is 26.9. The molecule has 0 amide bonds. The van der Waals surface area contributed by atoms with Crippen molar-refractivity contribution in [1.29, 1.82) is 0 Å². The van der Waals surface area contributed by atoms with Crippen LogP contribution in [0.1, 0.15) is 43.4 Å². The van der Waals surface area contributed by atoms with Crippen LogP contribution in [0.25, 0.3) is 0 Å². The fourth-order valence-electron chi connectivity index (χ4n) is 3.01. The third-order valence-electron chi connectivity index (χ3n) is 4.50. The lowest BCUT2D eigenvalue weighted by molar-refractivity contribution is -0.0512. The number of alkyl halides is 2. The highest BCUT2D eigenvalue weighted by atomic mass is 127. The monoisotopic (exact) mass is 552 g/mol. The van der Waals surface area contributed by atoms with E-state index in [4.69, 9.17) is 9.26 Å². The molecule has 0 aliphatic rings. The molecule has 2 N–H and O–H groups in total. The molecule has 2 aromatic rings. The maximum atomic E-state index is 12.6. The Labute approximate surface area is 199 Å². The zero-order valence-corrected chi connectivity index (χ0v) is 20.7. The zero-order valence-electron chi connectivity index (χ0n) is 18.3. The van der Waals surface area contributed by atoms with Crippen LogP contribution >= 0.6 is 24.0 Å². The Morgan fingerprint density at radius 3 is 2.55 bits per heavy atom. The lowest BCUT2D eigenvalue weighted by Gasteiger charge is -2.13. The van der Waals surface area contributed by atoms with Crippen LogP contribution in [0.2, 0.25) is 0 Å². The molecule has 0 aliphatic heterocycles. The molecule has 0 aliphatic carbocycles. The summed E-state index contributed by atoms with van der Waals surface area (Å²) in [5.41, 5.74) is 2.80. The van der Waals surface area contributed by atoms with Crippen LogP contribution in [-0.4, -0.2) is 37.9 Å². The van der Waals surface area contributed by atoms with Crippen molar-refractivity contribution in [3.8, 4) is 11.5 Å². The Hall–Kier alpha value is -2.11. The third kappa shape index (κ3) is 8.15. The quantitative estimate of drug-likeness (QED) is 0.246. The summed E-state index contributed by atoms with van der Waals surface area (Å²) in [6.45, 7) is 4.90. The number of hydrogen-bond acceptors (Lipinski definition) is 5. The second kappa shape index (κ2) is 14.0. The molecular formula is C21H31F2IN4O3. The Bertz CT molecular complexity index is 809. The SMILES string of the molecule is CCNC(=NCc1c(CC)noc1CC)NCCc1ccc(OC)c(OC(F)F)c1.I. The van der Waals surface area contributed by atoms with Gasteiger partial charge in [0, 0.05) is 25.1 Å². The van der Waals surface area contributed by atoms with Crippen molar-refractivity contribution in [2.24, 2.45) is 4.99 Å². The van der Waals surface area contributed by atoms with Gasteiger partial charge in [0.25, 0.3) is 0 Å². The van der Waals surface area contributed by atoms with E-state index in [1.54, 1.807) is 12.1 Å². The van der Waals surface area contributed by atoms with Crippen LogP contribution in [0.4, 0.5) is 8.78 Å². The third-order valence-corrected chi connectivity index (χ3v) is 4.50. The number of ether oxygens (including phenoxy) is 2. The number of rotatable bonds is 11. The maximum Gasteiger partial charge on any atom is 0.387 e. The van der Waals surface area contributed by atoms with Gasteiger partial charge in [0.15, 0.2) is 17.5 Å². The van der Waals surface area contributed by atoms with E-state index in [-0.39, 0.29) is 35.5 Å². The normalized spacial score (nSPS) is 11.3. The summed E-state index contributed by atoms with van der Waals surface area (Å²) in [6.07, 6.45) is 2.16. The molecule has 0 radical (unpaired) electrons. The minimum absolute atomic E-state index is 0. The first-order chi connectivity index (χ1) is 14.5. The van der Waals surface area contributed by atoms with Gasteiger partial charge in [-0.15, -0.1) is 24.0 Å². The molecule has 31 heavy (non-hydrogen) atoms. The molecule has 0 unspecified atom stereocenters. The van der Waals surface area contributed by atoms with Gasteiger partial charge in [0.1, 0.15) is 5.76 Å². The number of halogens is 3. The molecule has 174 valence electrons. The Kier molecular flexibility index (Phi) is 12.2. The summed E-state index contributed by atoms with van der Waals surface area (Å²) in [7, 11) is 1.41. The van der Waals surface area contributed by atoms with Crippen LogP contribution < -0.4 is 20.1 Å². The van der Waals surface area contributed by atoms with Gasteiger partial charge in [-0.1, -0.05) is 25.1 Å². The largest absolute Gasteiger partial charge is 0.493 e. The van der Waals surface area contributed by atoms with Crippen molar-refractivity contribution in [3.05, 3.63) is 40.8 Å². The summed E-state index contributed by atoms with van der Waals surface area (Å²) < 4.78 is 40.2. The van der Waals surface area contributed by atoms with E-state index in [0.29, 0.717) is 32.0 Å². The van der Waals surface area contributed by atoms with E-state index in [2.05, 4.69) is 25.5 Å². The van der Waals surface area contributed by atoms with Crippen LogP contribution in [0.3, 0.4) is 0 Å². The summed E-state index contributed by atoms with van der Waals surface area (Å²) in [4.78, 5) is 4.64. The number of methoxy groups -OCH3 is 1. The minimum atomic E-state index is -2.90. The van der Waals surface area contributed by atoms with Gasteiger partial charge in [0.05, 0.1) is 19.3 Å². The predicted molar refractivity (Wildman–Crippen MR) is 127 cm³/mol. The van der Waals surface area contributed by atoms with Crippen molar-refractivity contribution >= 4 is 29.9 Å². The molecule has 0 saturated carbocycles. The fraction of sp³-hybridized carbons (Fsp3) is 0.524. The molecule has 0 spiro atoms. The number of guanidine groups is 1. The molecule has 1 aromatic carbocycles. The topological polar surface area (TPSA) is 80.9 Å². The molecule has 7 nitrogen and oxygen atoms in total. The summed E-state index contributed by atoms with van der Waals surface area (Å²) in [5.74, 6) is 1.82. The van der Waals surface area contributed by atoms with Crippen molar-refractivity contribution in [2.45, 2.75) is 53.2 Å². The van der Waals surface area contributed by atoms with Gasteiger partial charge in [0.2, 0.25) is 0 Å². The Morgan fingerprint density at radius 1 is 1.16 bits per heavy atom. The Balaban J connectivity index is 0.00000480. The number of aromatic nitrogens is 1. The molecule has 0 atom stereocenters. The fourth-order valence-corrected chi connectivity index (χ4v) is 3.01. The molecule has 1 heterocycles. The smallest absolute Gasteiger partial charge is 0.387 e. The van der Waals surface area contributed by atoms with Gasteiger partial charge in [-0.25, -0.2) is 4.99 Å². The number of aryl methyl sites for hydroxylation is 2. The molecule has 0 fully saturated rings. The van der Waals surface area contributed by atoms with E-state index in [9.17, 15) is 8.78 Å². The highest BCUT2D eigenvalue weighted by Gasteiger charge is 2.14. The van der Waals surface area contributed by atoms with Crippen LogP contribution in [0.15, 0.2) is 27.7 Å². The van der Waals surface area contributed by atoms with E-state index in [0.717, 1.165) is 35.4 Å². The highest BCUT2D eigenvalue weighted by molar-refractivity contribution is 14.0. The van der Waals surface area contributed by atoms with E-state index < -0.39 is 6.61 Å². The van der Waals surface area contributed by atoms with E-state index >= 15 is 0 Å². The van der Waals surface area contributed by atoms with Crippen LogP contribution in [0, 0.1) is 0 Å². The molecule has 1 aromatic heterocycles. The van der Waals surface area contributed by atoms with Gasteiger partial charge in [-0.2, -0.15) is 8.78 Å². The molecule has 10 heteroatoms. The van der Waals surface area contributed by atoms with Crippen LogP contribution in [0.5, 0.6) is 11.5 Å². The van der Waals surface area contributed by atoms with Crippen molar-refractivity contribution in [1.82, 2.24) is 15.8 Å². The van der Waals surface area contributed by atoms with Gasteiger partial charge in [-0.3, -0.25) is 0 Å².